The first-order chi connectivity index (χ1) is 10.1. The Morgan fingerprint density at radius 2 is 1.81 bits per heavy atom. The van der Waals surface area contributed by atoms with Crippen molar-refractivity contribution < 1.29 is 13.2 Å². The highest BCUT2D eigenvalue weighted by molar-refractivity contribution is 7.89. The van der Waals surface area contributed by atoms with E-state index in [-0.39, 0.29) is 10.9 Å². The van der Waals surface area contributed by atoms with Crippen LogP contribution in [0.5, 0.6) is 5.75 Å². The quantitative estimate of drug-likeness (QED) is 0.908. The first kappa shape index (κ1) is 13.9. The summed E-state index contributed by atoms with van der Waals surface area (Å²) in [4.78, 5) is 0.249. The van der Waals surface area contributed by atoms with Gasteiger partial charge in [0.2, 0.25) is 10.0 Å². The van der Waals surface area contributed by atoms with Crippen molar-refractivity contribution in [1.82, 2.24) is 4.72 Å². The third kappa shape index (κ3) is 2.72. The lowest BCUT2D eigenvalue weighted by Crippen LogP contribution is -2.18. The number of ether oxygens (including phenoxy) is 1. The SMILES string of the molecule is CNS(=O)(=O)c1ccc(NC2COc3ccccc32)cc1. The molecule has 21 heavy (non-hydrogen) atoms. The normalized spacial score (nSPS) is 17.1. The molecule has 0 aromatic heterocycles. The Kier molecular flexibility index (Phi) is 3.57. The maximum absolute atomic E-state index is 11.7. The van der Waals surface area contributed by atoms with Gasteiger partial charge in [-0.2, -0.15) is 0 Å². The van der Waals surface area contributed by atoms with Crippen molar-refractivity contribution in [2.75, 3.05) is 19.0 Å². The molecule has 0 radical (unpaired) electrons. The molecule has 0 fully saturated rings. The van der Waals surface area contributed by atoms with Gasteiger partial charge in [-0.25, -0.2) is 13.1 Å². The number of sulfonamides is 1. The molecule has 0 amide bonds. The molecule has 0 spiro atoms. The molecule has 2 aromatic carbocycles. The van der Waals surface area contributed by atoms with Crippen molar-refractivity contribution in [2.24, 2.45) is 0 Å². The van der Waals surface area contributed by atoms with Crippen molar-refractivity contribution in [3.8, 4) is 5.75 Å². The van der Waals surface area contributed by atoms with E-state index in [1.807, 2.05) is 24.3 Å². The highest BCUT2D eigenvalue weighted by Crippen LogP contribution is 2.34. The van der Waals surface area contributed by atoms with E-state index >= 15 is 0 Å². The fourth-order valence-electron chi connectivity index (χ4n) is 2.33. The molecule has 1 aliphatic rings. The predicted octanol–water partition coefficient (Wildman–Crippen LogP) is 2.14. The van der Waals surface area contributed by atoms with Gasteiger partial charge in [-0.15, -0.1) is 0 Å². The largest absolute Gasteiger partial charge is 0.491 e. The minimum Gasteiger partial charge on any atom is -0.491 e. The summed E-state index contributed by atoms with van der Waals surface area (Å²) >= 11 is 0. The predicted molar refractivity (Wildman–Crippen MR) is 81.0 cm³/mol. The Hall–Kier alpha value is -2.05. The Balaban J connectivity index is 1.78. The summed E-state index contributed by atoms with van der Waals surface area (Å²) in [5.41, 5.74) is 1.97. The zero-order valence-corrected chi connectivity index (χ0v) is 12.4. The average molecular weight is 304 g/mol. The van der Waals surface area contributed by atoms with Gasteiger partial charge in [0.25, 0.3) is 0 Å². The van der Waals surface area contributed by atoms with Crippen molar-refractivity contribution in [3.63, 3.8) is 0 Å². The standard InChI is InChI=1S/C15H16N2O3S/c1-16-21(18,19)12-8-6-11(7-9-12)17-14-10-20-15-5-3-2-4-13(14)15/h2-9,14,16-17H,10H2,1H3. The lowest BCUT2D eigenvalue weighted by molar-refractivity contribution is 0.340. The van der Waals surface area contributed by atoms with Gasteiger partial charge in [0.05, 0.1) is 10.9 Å². The Morgan fingerprint density at radius 1 is 1.10 bits per heavy atom. The maximum atomic E-state index is 11.7. The van der Waals surface area contributed by atoms with E-state index in [1.165, 1.54) is 7.05 Å². The second-order valence-electron chi connectivity index (χ2n) is 4.78. The molecule has 5 nitrogen and oxygen atoms in total. The lowest BCUT2D eigenvalue weighted by atomic mass is 10.1. The third-order valence-corrected chi connectivity index (χ3v) is 4.90. The van der Waals surface area contributed by atoms with Crippen LogP contribution >= 0.6 is 0 Å². The van der Waals surface area contributed by atoms with Crippen LogP contribution in [0.3, 0.4) is 0 Å². The van der Waals surface area contributed by atoms with Gasteiger partial charge in [-0.1, -0.05) is 18.2 Å². The van der Waals surface area contributed by atoms with Crippen molar-refractivity contribution in [3.05, 3.63) is 54.1 Å². The van der Waals surface area contributed by atoms with Crippen molar-refractivity contribution in [2.45, 2.75) is 10.9 Å². The Bertz CT molecular complexity index is 742. The topological polar surface area (TPSA) is 67.4 Å². The van der Waals surface area contributed by atoms with Crippen LogP contribution in [0.15, 0.2) is 53.4 Å². The van der Waals surface area contributed by atoms with Gasteiger partial charge in [-0.05, 0) is 37.4 Å². The first-order valence-electron chi connectivity index (χ1n) is 6.62. The summed E-state index contributed by atoms with van der Waals surface area (Å²) in [6, 6.07) is 14.6. The highest BCUT2D eigenvalue weighted by Gasteiger charge is 2.23. The first-order valence-corrected chi connectivity index (χ1v) is 8.10. The van der Waals surface area contributed by atoms with Crippen LogP contribution in [0.4, 0.5) is 5.69 Å². The monoisotopic (exact) mass is 304 g/mol. The average Bonchev–Trinajstić information content (AvgIpc) is 2.91. The molecule has 0 bridgehead atoms. The zero-order valence-electron chi connectivity index (χ0n) is 11.5. The molecule has 1 aliphatic heterocycles. The fraction of sp³-hybridized carbons (Fsp3) is 0.200. The van der Waals surface area contributed by atoms with E-state index in [1.54, 1.807) is 24.3 Å². The molecular weight excluding hydrogens is 288 g/mol. The van der Waals surface area contributed by atoms with Gasteiger partial charge in [0, 0.05) is 11.3 Å². The number of hydrogen-bond donors (Lipinski definition) is 2. The van der Waals surface area contributed by atoms with Gasteiger partial charge in [-0.3, -0.25) is 0 Å². The van der Waals surface area contributed by atoms with E-state index in [9.17, 15) is 8.42 Å². The van der Waals surface area contributed by atoms with E-state index in [4.69, 9.17) is 4.74 Å². The van der Waals surface area contributed by atoms with E-state index in [0.29, 0.717) is 6.61 Å². The van der Waals surface area contributed by atoms with Crippen LogP contribution in [0.2, 0.25) is 0 Å². The Morgan fingerprint density at radius 3 is 2.52 bits per heavy atom. The smallest absolute Gasteiger partial charge is 0.240 e. The molecule has 2 aromatic rings. The van der Waals surface area contributed by atoms with E-state index < -0.39 is 10.0 Å². The molecule has 1 atom stereocenters. The summed E-state index contributed by atoms with van der Waals surface area (Å²) in [6.45, 7) is 0.565. The van der Waals surface area contributed by atoms with Crippen LogP contribution in [-0.2, 0) is 10.0 Å². The van der Waals surface area contributed by atoms with Crippen molar-refractivity contribution in [1.29, 1.82) is 0 Å². The molecule has 0 saturated heterocycles. The minimum atomic E-state index is -3.39. The van der Waals surface area contributed by atoms with Gasteiger partial charge in [0.1, 0.15) is 12.4 Å². The number of fused-ring (bicyclic) bond motifs is 1. The van der Waals surface area contributed by atoms with Crippen LogP contribution in [-0.4, -0.2) is 22.1 Å². The molecule has 0 aliphatic carbocycles. The van der Waals surface area contributed by atoms with Crippen LogP contribution < -0.4 is 14.8 Å². The van der Waals surface area contributed by atoms with Gasteiger partial charge >= 0.3 is 0 Å². The Labute approximate surface area is 124 Å². The lowest BCUT2D eigenvalue weighted by Gasteiger charge is -2.13. The highest BCUT2D eigenvalue weighted by atomic mass is 32.2. The number of rotatable bonds is 4. The van der Waals surface area contributed by atoms with Crippen LogP contribution in [0.25, 0.3) is 0 Å². The van der Waals surface area contributed by atoms with Gasteiger partial charge < -0.3 is 10.1 Å². The third-order valence-electron chi connectivity index (χ3n) is 3.47. The van der Waals surface area contributed by atoms with E-state index in [0.717, 1.165) is 17.0 Å². The summed E-state index contributed by atoms with van der Waals surface area (Å²) in [5.74, 6) is 0.893. The second-order valence-corrected chi connectivity index (χ2v) is 6.66. The molecule has 1 heterocycles. The van der Waals surface area contributed by atoms with Crippen LogP contribution in [0, 0.1) is 0 Å². The van der Waals surface area contributed by atoms with E-state index in [2.05, 4.69) is 10.0 Å². The number of nitrogens with one attached hydrogen (secondary N) is 2. The summed E-state index contributed by atoms with van der Waals surface area (Å²) in [7, 11) is -2.00. The number of hydrogen-bond acceptors (Lipinski definition) is 4. The summed E-state index contributed by atoms with van der Waals surface area (Å²) < 4.78 is 31.2. The zero-order chi connectivity index (χ0) is 14.9. The molecule has 2 N–H and O–H groups in total. The number of benzene rings is 2. The second kappa shape index (κ2) is 5.38. The van der Waals surface area contributed by atoms with Gasteiger partial charge in [0.15, 0.2) is 0 Å². The summed E-state index contributed by atoms with van der Waals surface area (Å²) in [6.07, 6.45) is 0. The maximum Gasteiger partial charge on any atom is 0.240 e. The van der Waals surface area contributed by atoms with Crippen LogP contribution in [0.1, 0.15) is 11.6 Å². The molecule has 1 unspecified atom stereocenters. The van der Waals surface area contributed by atoms with Crippen molar-refractivity contribution >= 4 is 15.7 Å². The fourth-order valence-corrected chi connectivity index (χ4v) is 3.06. The number of para-hydroxylation sites is 1. The molecule has 0 saturated carbocycles. The number of anilines is 1. The molecule has 3 rings (SSSR count). The summed E-state index contributed by atoms with van der Waals surface area (Å²) in [5, 5.41) is 3.35. The molecular formula is C15H16N2O3S. The molecule has 110 valence electrons. The molecule has 6 heteroatoms. The minimum absolute atomic E-state index is 0.0768.